The maximum Gasteiger partial charge on any atom is 0.387 e. The Labute approximate surface area is 134 Å². The molecule has 1 unspecified atom stereocenters. The molecule has 1 heterocycles. The van der Waals surface area contributed by atoms with Gasteiger partial charge in [0.25, 0.3) is 0 Å². The molecule has 1 aromatic heterocycles. The van der Waals surface area contributed by atoms with Crippen LogP contribution in [0.2, 0.25) is 0 Å². The third-order valence-corrected chi connectivity index (χ3v) is 4.65. The predicted octanol–water partition coefficient (Wildman–Crippen LogP) is 5.29. The first-order valence-electron chi connectivity index (χ1n) is 6.13. The van der Waals surface area contributed by atoms with Crippen LogP contribution < -0.4 is 14.8 Å². The topological polar surface area (TPSA) is 30.5 Å². The number of methoxy groups -OCH3 is 1. The molecule has 0 spiro atoms. The second-order valence-electron chi connectivity index (χ2n) is 4.28. The summed E-state index contributed by atoms with van der Waals surface area (Å²) in [4.78, 5) is 1.13. The van der Waals surface area contributed by atoms with Gasteiger partial charge in [-0.3, -0.25) is 0 Å². The fraction of sp³-hybridized carbons (Fsp3) is 0.286. The summed E-state index contributed by atoms with van der Waals surface area (Å²) in [5.74, 6) is 0.282. The number of alkyl halides is 2. The number of thiophene rings is 1. The van der Waals surface area contributed by atoms with Gasteiger partial charge in [0.05, 0.1) is 13.2 Å². The van der Waals surface area contributed by atoms with Gasteiger partial charge in [0.1, 0.15) is 0 Å². The number of nitrogens with one attached hydrogen (secondary N) is 1. The fourth-order valence-electron chi connectivity index (χ4n) is 1.83. The maximum absolute atomic E-state index is 12.4. The van der Waals surface area contributed by atoms with Crippen LogP contribution in [0.1, 0.15) is 17.8 Å². The lowest BCUT2D eigenvalue weighted by Gasteiger charge is -2.16. The maximum atomic E-state index is 12.4. The smallest absolute Gasteiger partial charge is 0.387 e. The molecule has 0 saturated carbocycles. The van der Waals surface area contributed by atoms with Crippen LogP contribution in [0.3, 0.4) is 0 Å². The number of rotatable bonds is 6. The number of benzene rings is 1. The van der Waals surface area contributed by atoms with Crippen LogP contribution in [-0.2, 0) is 0 Å². The van der Waals surface area contributed by atoms with E-state index >= 15 is 0 Å². The van der Waals surface area contributed by atoms with E-state index in [4.69, 9.17) is 4.74 Å². The summed E-state index contributed by atoms with van der Waals surface area (Å²) in [5.41, 5.74) is 0.684. The molecule has 114 valence electrons. The van der Waals surface area contributed by atoms with Crippen molar-refractivity contribution in [1.82, 2.24) is 0 Å². The first kappa shape index (κ1) is 16.0. The van der Waals surface area contributed by atoms with Crippen LogP contribution in [0.15, 0.2) is 34.1 Å². The lowest BCUT2D eigenvalue weighted by atomic mass is 10.2. The van der Waals surface area contributed by atoms with Crippen molar-refractivity contribution in [2.24, 2.45) is 0 Å². The van der Waals surface area contributed by atoms with Crippen LogP contribution in [-0.4, -0.2) is 13.7 Å². The minimum Gasteiger partial charge on any atom is -0.493 e. The fourth-order valence-corrected chi connectivity index (χ4v) is 3.28. The largest absolute Gasteiger partial charge is 0.493 e. The standard InChI is InChI=1S/C14H14BrF2NO2S/c1-8(13-5-9(15)7-21-13)18-10-3-4-11(19-2)12(6-10)20-14(16)17/h3-8,14,18H,1-2H3. The third kappa shape index (κ3) is 4.31. The molecule has 21 heavy (non-hydrogen) atoms. The minimum absolute atomic E-state index is 0.0112. The molecule has 0 bridgehead atoms. The molecule has 0 radical (unpaired) electrons. The Bertz CT molecular complexity index is 606. The highest BCUT2D eigenvalue weighted by Crippen LogP contribution is 2.34. The molecule has 1 aromatic carbocycles. The third-order valence-electron chi connectivity index (χ3n) is 2.78. The van der Waals surface area contributed by atoms with Gasteiger partial charge in [-0.1, -0.05) is 0 Å². The van der Waals surface area contributed by atoms with Crippen LogP contribution in [0, 0.1) is 0 Å². The van der Waals surface area contributed by atoms with Crippen molar-refractivity contribution in [3.63, 3.8) is 0 Å². The molecule has 1 N–H and O–H groups in total. The summed E-state index contributed by atoms with van der Waals surface area (Å²) in [6.07, 6.45) is 0. The van der Waals surface area contributed by atoms with E-state index < -0.39 is 6.61 Å². The van der Waals surface area contributed by atoms with Crippen molar-refractivity contribution in [2.75, 3.05) is 12.4 Å². The summed E-state index contributed by atoms with van der Waals surface area (Å²) >= 11 is 5.02. The molecule has 0 aliphatic heterocycles. The van der Waals surface area contributed by atoms with E-state index in [0.29, 0.717) is 5.69 Å². The highest BCUT2D eigenvalue weighted by atomic mass is 79.9. The molecule has 2 rings (SSSR count). The Morgan fingerprint density at radius 1 is 1.24 bits per heavy atom. The van der Waals surface area contributed by atoms with E-state index in [9.17, 15) is 8.78 Å². The molecular formula is C14H14BrF2NO2S. The lowest BCUT2D eigenvalue weighted by Crippen LogP contribution is -2.07. The molecule has 0 aliphatic carbocycles. The number of anilines is 1. The van der Waals surface area contributed by atoms with Crippen LogP contribution in [0.4, 0.5) is 14.5 Å². The van der Waals surface area contributed by atoms with Crippen molar-refractivity contribution in [1.29, 1.82) is 0 Å². The summed E-state index contributed by atoms with van der Waals surface area (Å²) in [6.45, 7) is -0.893. The van der Waals surface area contributed by atoms with Gasteiger partial charge in [-0.25, -0.2) is 0 Å². The molecule has 2 aromatic rings. The summed E-state index contributed by atoms with van der Waals surface area (Å²) in [7, 11) is 1.41. The monoisotopic (exact) mass is 377 g/mol. The SMILES string of the molecule is COc1ccc(NC(C)c2cc(Br)cs2)cc1OC(F)F. The molecule has 3 nitrogen and oxygen atoms in total. The van der Waals surface area contributed by atoms with Crippen molar-refractivity contribution >= 4 is 33.0 Å². The van der Waals surface area contributed by atoms with E-state index in [-0.39, 0.29) is 17.5 Å². The first-order valence-corrected chi connectivity index (χ1v) is 7.80. The number of hydrogen-bond donors (Lipinski definition) is 1. The number of ether oxygens (including phenoxy) is 2. The van der Waals surface area contributed by atoms with E-state index in [2.05, 4.69) is 26.0 Å². The quantitative estimate of drug-likeness (QED) is 0.741. The molecule has 0 fully saturated rings. The summed E-state index contributed by atoms with van der Waals surface area (Å²) < 4.78 is 35.3. The summed E-state index contributed by atoms with van der Waals surface area (Å²) in [6, 6.07) is 6.93. The molecule has 0 amide bonds. The minimum atomic E-state index is -2.89. The van der Waals surface area contributed by atoms with Gasteiger partial charge >= 0.3 is 6.61 Å². The lowest BCUT2D eigenvalue weighted by molar-refractivity contribution is -0.0511. The van der Waals surface area contributed by atoms with Gasteiger partial charge < -0.3 is 14.8 Å². The van der Waals surface area contributed by atoms with Gasteiger partial charge in [-0.05, 0) is 41.1 Å². The van der Waals surface area contributed by atoms with Crippen molar-refractivity contribution in [2.45, 2.75) is 19.6 Å². The molecular weight excluding hydrogens is 364 g/mol. The second kappa shape index (κ2) is 7.09. The zero-order chi connectivity index (χ0) is 15.4. The highest BCUT2D eigenvalue weighted by molar-refractivity contribution is 9.10. The summed E-state index contributed by atoms with van der Waals surface area (Å²) in [5, 5.41) is 5.24. The van der Waals surface area contributed by atoms with E-state index in [1.54, 1.807) is 23.5 Å². The Hall–Kier alpha value is -1.34. The van der Waals surface area contributed by atoms with Gasteiger partial charge in [0.15, 0.2) is 11.5 Å². The van der Waals surface area contributed by atoms with Crippen molar-refractivity contribution in [3.05, 3.63) is 39.0 Å². The van der Waals surface area contributed by atoms with E-state index in [1.165, 1.54) is 13.2 Å². The Balaban J connectivity index is 2.16. The van der Waals surface area contributed by atoms with E-state index in [1.807, 2.05) is 18.4 Å². The zero-order valence-electron chi connectivity index (χ0n) is 11.4. The normalized spacial score (nSPS) is 12.3. The highest BCUT2D eigenvalue weighted by Gasteiger charge is 2.13. The Morgan fingerprint density at radius 3 is 2.57 bits per heavy atom. The van der Waals surface area contributed by atoms with Crippen LogP contribution in [0.5, 0.6) is 11.5 Å². The first-order chi connectivity index (χ1) is 9.99. The molecule has 7 heteroatoms. The van der Waals surface area contributed by atoms with Crippen LogP contribution in [0.25, 0.3) is 0 Å². The van der Waals surface area contributed by atoms with Gasteiger partial charge in [-0.15, -0.1) is 11.3 Å². The molecule has 0 saturated heterocycles. The predicted molar refractivity (Wildman–Crippen MR) is 83.7 cm³/mol. The van der Waals surface area contributed by atoms with Gasteiger partial charge in [0, 0.05) is 26.5 Å². The average molecular weight is 378 g/mol. The molecule has 0 aliphatic rings. The Morgan fingerprint density at radius 2 is 2.00 bits per heavy atom. The van der Waals surface area contributed by atoms with Crippen LogP contribution >= 0.6 is 27.3 Å². The van der Waals surface area contributed by atoms with Gasteiger partial charge in [0.2, 0.25) is 0 Å². The zero-order valence-corrected chi connectivity index (χ0v) is 13.8. The number of halogens is 3. The second-order valence-corrected chi connectivity index (χ2v) is 6.14. The van der Waals surface area contributed by atoms with E-state index in [0.717, 1.165) is 9.35 Å². The van der Waals surface area contributed by atoms with Gasteiger partial charge in [-0.2, -0.15) is 8.78 Å². The van der Waals surface area contributed by atoms with Crippen molar-refractivity contribution < 1.29 is 18.3 Å². The average Bonchev–Trinajstić information content (AvgIpc) is 2.85. The number of hydrogen-bond acceptors (Lipinski definition) is 4. The Kier molecular flexibility index (Phi) is 5.41. The van der Waals surface area contributed by atoms with Crippen molar-refractivity contribution in [3.8, 4) is 11.5 Å². The molecule has 1 atom stereocenters.